The number of carbonyl (C=O) groups is 2. The van der Waals surface area contributed by atoms with Crippen LogP contribution < -0.4 is 0 Å². The van der Waals surface area contributed by atoms with Crippen molar-refractivity contribution in [2.45, 2.75) is 44.5 Å². The van der Waals surface area contributed by atoms with Crippen molar-refractivity contribution in [1.82, 2.24) is 0 Å². The summed E-state index contributed by atoms with van der Waals surface area (Å²) in [5.41, 5.74) is -3.10. The largest absolute Gasteiger partial charge is 0.478 e. The summed E-state index contributed by atoms with van der Waals surface area (Å²) in [6.07, 6.45) is 6.20. The van der Waals surface area contributed by atoms with Gasteiger partial charge in [-0.15, -0.1) is 0 Å². The van der Waals surface area contributed by atoms with Gasteiger partial charge in [0, 0.05) is 27.9 Å². The quantitative estimate of drug-likeness (QED) is 0.545. The number of aliphatic carboxylic acids is 1. The highest BCUT2D eigenvalue weighted by Crippen LogP contribution is 2.64. The van der Waals surface area contributed by atoms with E-state index >= 15 is 0 Å². The Labute approximate surface area is 155 Å². The molecule has 5 rings (SSSR count). The van der Waals surface area contributed by atoms with E-state index in [-0.39, 0.29) is 18.4 Å². The zero-order valence-electron chi connectivity index (χ0n) is 15.1. The highest BCUT2D eigenvalue weighted by atomic mass is 16.6. The molecule has 2 aliphatic carbocycles. The van der Waals surface area contributed by atoms with Crippen LogP contribution in [0.2, 0.25) is 0 Å². The lowest BCUT2D eigenvalue weighted by atomic mass is 9.45. The molecule has 7 heteroatoms. The van der Waals surface area contributed by atoms with E-state index in [0.717, 1.165) is 0 Å². The number of esters is 1. The van der Waals surface area contributed by atoms with E-state index in [1.807, 2.05) is 0 Å². The van der Waals surface area contributed by atoms with Crippen LogP contribution >= 0.6 is 0 Å². The third kappa shape index (κ3) is 2.21. The molecule has 0 saturated carbocycles. The molecule has 0 amide bonds. The normalized spacial score (nSPS) is 40.9. The fourth-order valence-electron chi connectivity index (χ4n) is 5.37. The minimum absolute atomic E-state index is 0.0862. The van der Waals surface area contributed by atoms with Crippen molar-refractivity contribution in [2.24, 2.45) is 16.7 Å². The lowest BCUT2D eigenvalue weighted by Crippen LogP contribution is -2.70. The third-order valence-electron chi connectivity index (χ3n) is 6.77. The van der Waals surface area contributed by atoms with Gasteiger partial charge in [0.25, 0.3) is 0 Å². The number of ether oxygens (including phenoxy) is 1. The van der Waals surface area contributed by atoms with Crippen molar-refractivity contribution in [3.8, 4) is 0 Å². The van der Waals surface area contributed by atoms with Crippen LogP contribution in [0.1, 0.15) is 38.4 Å². The maximum atomic E-state index is 12.4. The number of furan rings is 1. The van der Waals surface area contributed by atoms with Gasteiger partial charge in [-0.25, -0.2) is 9.59 Å². The zero-order chi connectivity index (χ0) is 19.6. The molecule has 1 aromatic rings. The SMILES string of the molecule is C[C@@]1(CC(O)c2ccoc2)C(C(=O)O)=CC[C@]2(C)[C@H]1[C@H]1C=C[C@@]2(O)C(=O)O1. The Morgan fingerprint density at radius 3 is 2.74 bits per heavy atom. The second-order valence-corrected chi connectivity index (χ2v) is 8.21. The van der Waals surface area contributed by atoms with Crippen molar-refractivity contribution >= 4 is 11.9 Å². The Balaban J connectivity index is 1.84. The predicted octanol–water partition coefficient (Wildman–Crippen LogP) is 1.97. The van der Waals surface area contributed by atoms with Crippen LogP contribution in [0, 0.1) is 16.7 Å². The fraction of sp³-hybridized carbons (Fsp3) is 0.500. The van der Waals surface area contributed by atoms with Gasteiger partial charge in [0.05, 0.1) is 18.6 Å². The van der Waals surface area contributed by atoms with E-state index in [1.165, 1.54) is 18.6 Å². The average molecular weight is 374 g/mol. The molecule has 0 aromatic carbocycles. The Bertz CT molecular complexity index is 854. The van der Waals surface area contributed by atoms with E-state index in [0.29, 0.717) is 5.56 Å². The molecule has 144 valence electrons. The number of aliphatic hydroxyl groups is 2. The highest BCUT2D eigenvalue weighted by Gasteiger charge is 2.70. The van der Waals surface area contributed by atoms with Gasteiger partial charge in [-0.05, 0) is 31.1 Å². The summed E-state index contributed by atoms with van der Waals surface area (Å²) in [4.78, 5) is 24.4. The van der Waals surface area contributed by atoms with E-state index in [1.54, 1.807) is 32.1 Å². The van der Waals surface area contributed by atoms with Gasteiger partial charge in [-0.1, -0.05) is 19.9 Å². The molecule has 0 radical (unpaired) electrons. The van der Waals surface area contributed by atoms with Crippen LogP contribution in [-0.2, 0) is 14.3 Å². The van der Waals surface area contributed by atoms with Crippen LogP contribution in [0.25, 0.3) is 0 Å². The van der Waals surface area contributed by atoms with E-state index < -0.39 is 46.5 Å². The van der Waals surface area contributed by atoms with Gasteiger partial charge >= 0.3 is 11.9 Å². The van der Waals surface area contributed by atoms with Crippen molar-refractivity contribution < 1.29 is 34.1 Å². The summed E-state index contributed by atoms with van der Waals surface area (Å²) in [7, 11) is 0. The monoisotopic (exact) mass is 374 g/mol. The van der Waals surface area contributed by atoms with Crippen LogP contribution in [0.3, 0.4) is 0 Å². The molecule has 6 atom stereocenters. The molecule has 4 aliphatic rings. The topological polar surface area (TPSA) is 117 Å². The Kier molecular flexibility index (Phi) is 3.71. The van der Waals surface area contributed by atoms with Gasteiger partial charge in [0.1, 0.15) is 6.10 Å². The summed E-state index contributed by atoms with van der Waals surface area (Å²) in [6.45, 7) is 3.54. The summed E-state index contributed by atoms with van der Waals surface area (Å²) in [5.74, 6) is -2.29. The van der Waals surface area contributed by atoms with Crippen molar-refractivity contribution in [3.05, 3.63) is 48.0 Å². The van der Waals surface area contributed by atoms with Gasteiger partial charge in [-0.2, -0.15) is 0 Å². The number of carboxylic acid groups (broad SMARTS) is 1. The van der Waals surface area contributed by atoms with Crippen molar-refractivity contribution in [2.75, 3.05) is 0 Å². The van der Waals surface area contributed by atoms with Crippen LogP contribution in [-0.4, -0.2) is 39.0 Å². The Hall–Kier alpha value is -2.38. The lowest BCUT2D eigenvalue weighted by Gasteiger charge is -2.62. The first kappa shape index (κ1) is 18.0. The number of carbonyl (C=O) groups excluding carboxylic acids is 1. The van der Waals surface area contributed by atoms with Crippen LogP contribution in [0.5, 0.6) is 0 Å². The first-order valence-corrected chi connectivity index (χ1v) is 8.90. The molecule has 0 spiro atoms. The first-order chi connectivity index (χ1) is 12.6. The number of allylic oxidation sites excluding steroid dienone is 1. The molecule has 1 aromatic heterocycles. The first-order valence-electron chi connectivity index (χ1n) is 8.90. The Morgan fingerprint density at radius 2 is 2.15 bits per heavy atom. The predicted molar refractivity (Wildman–Crippen MR) is 92.3 cm³/mol. The smallest absolute Gasteiger partial charge is 0.343 e. The zero-order valence-corrected chi connectivity index (χ0v) is 15.1. The summed E-state index contributed by atoms with van der Waals surface area (Å²) < 4.78 is 10.4. The number of carboxylic acids is 1. The summed E-state index contributed by atoms with van der Waals surface area (Å²) in [6, 6.07) is 1.63. The second-order valence-electron chi connectivity index (χ2n) is 8.21. The molecule has 1 saturated heterocycles. The van der Waals surface area contributed by atoms with E-state index in [4.69, 9.17) is 9.15 Å². The maximum Gasteiger partial charge on any atom is 0.343 e. The minimum atomic E-state index is -1.82. The maximum absolute atomic E-state index is 12.4. The molecule has 1 unspecified atom stereocenters. The van der Waals surface area contributed by atoms with Gasteiger partial charge in [0.2, 0.25) is 0 Å². The minimum Gasteiger partial charge on any atom is -0.478 e. The number of fused-ring (bicyclic) bond motifs is 1. The van der Waals surface area contributed by atoms with Crippen LogP contribution in [0.15, 0.2) is 46.8 Å². The number of hydrogen-bond donors (Lipinski definition) is 3. The molecular weight excluding hydrogens is 352 g/mol. The average Bonchev–Trinajstić information content (AvgIpc) is 3.11. The number of rotatable bonds is 4. The third-order valence-corrected chi connectivity index (χ3v) is 6.77. The molecule has 7 nitrogen and oxygen atoms in total. The molecule has 3 N–H and O–H groups in total. The van der Waals surface area contributed by atoms with Gasteiger partial charge < -0.3 is 24.5 Å². The lowest BCUT2D eigenvalue weighted by molar-refractivity contribution is -0.229. The molecule has 2 aliphatic heterocycles. The van der Waals surface area contributed by atoms with Crippen LogP contribution in [0.4, 0.5) is 0 Å². The molecule has 3 heterocycles. The molecule has 2 bridgehead atoms. The van der Waals surface area contributed by atoms with E-state index in [9.17, 15) is 24.9 Å². The summed E-state index contributed by atoms with van der Waals surface area (Å²) in [5, 5.41) is 31.6. The second kappa shape index (κ2) is 5.56. The number of aliphatic hydroxyl groups excluding tert-OH is 1. The Morgan fingerprint density at radius 1 is 1.41 bits per heavy atom. The molecule has 1 fully saturated rings. The van der Waals surface area contributed by atoms with Crippen molar-refractivity contribution in [3.63, 3.8) is 0 Å². The molecular formula is C20H22O7. The fourth-order valence-corrected chi connectivity index (χ4v) is 5.37. The van der Waals surface area contributed by atoms with Gasteiger partial charge in [-0.3, -0.25) is 0 Å². The van der Waals surface area contributed by atoms with E-state index in [2.05, 4.69) is 0 Å². The van der Waals surface area contributed by atoms with Gasteiger partial charge in [0.15, 0.2) is 5.60 Å². The number of hydrogen-bond acceptors (Lipinski definition) is 6. The standard InChI is InChI=1S/C20H22O7/c1-18(9-13(21)11-5-8-26-10-11)12(16(22)23)3-6-19(2)15(18)14-4-7-20(19,25)17(24)27-14/h3-5,7-8,10,13-15,21,25H,6,9H2,1-2H3,(H,22,23)/t13?,14-,15+,18-,19-,20-/m1/s1. The highest BCUT2D eigenvalue weighted by molar-refractivity contribution is 5.90. The molecule has 27 heavy (non-hydrogen) atoms. The van der Waals surface area contributed by atoms with Crippen molar-refractivity contribution in [1.29, 1.82) is 0 Å². The summed E-state index contributed by atoms with van der Waals surface area (Å²) >= 11 is 0.